The summed E-state index contributed by atoms with van der Waals surface area (Å²) in [5.41, 5.74) is 0.383. The van der Waals surface area contributed by atoms with Gasteiger partial charge >= 0.3 is 11.6 Å². The molecule has 1 aromatic heterocycles. The van der Waals surface area contributed by atoms with E-state index >= 15 is 0 Å². The second-order valence-electron chi connectivity index (χ2n) is 3.90. The van der Waals surface area contributed by atoms with Gasteiger partial charge in [0.05, 0.1) is 11.5 Å². The van der Waals surface area contributed by atoms with Crippen molar-refractivity contribution in [1.82, 2.24) is 9.97 Å². The molecule has 0 fully saturated rings. The Balaban J connectivity index is 2.44. The van der Waals surface area contributed by atoms with Crippen molar-refractivity contribution in [3.8, 4) is 11.6 Å². The molecule has 8 heteroatoms. The quantitative estimate of drug-likeness (QED) is 0.529. The molecule has 0 saturated heterocycles. The maximum atomic E-state index is 11.0. The van der Waals surface area contributed by atoms with Crippen molar-refractivity contribution in [3.05, 3.63) is 50.9 Å². The van der Waals surface area contributed by atoms with E-state index in [-0.39, 0.29) is 29.2 Å². The van der Waals surface area contributed by atoms with Gasteiger partial charge in [-0.3, -0.25) is 10.1 Å². The average molecular weight is 296 g/mol. The van der Waals surface area contributed by atoms with E-state index in [2.05, 4.69) is 9.97 Å². The summed E-state index contributed by atoms with van der Waals surface area (Å²) in [7, 11) is 0. The van der Waals surface area contributed by atoms with Crippen LogP contribution in [0, 0.1) is 17.0 Å². The summed E-state index contributed by atoms with van der Waals surface area (Å²) in [5, 5.41) is 19.9. The predicted octanol–water partition coefficient (Wildman–Crippen LogP) is 2.63. The van der Waals surface area contributed by atoms with Crippen LogP contribution in [-0.4, -0.2) is 20.0 Å². The van der Waals surface area contributed by atoms with Crippen LogP contribution in [0.4, 0.5) is 5.69 Å². The van der Waals surface area contributed by atoms with Crippen molar-refractivity contribution in [3.63, 3.8) is 0 Å². The van der Waals surface area contributed by atoms with Gasteiger partial charge in [-0.15, -0.1) is 0 Å². The van der Waals surface area contributed by atoms with Crippen LogP contribution in [0.25, 0.3) is 0 Å². The van der Waals surface area contributed by atoms with Gasteiger partial charge in [0.1, 0.15) is 11.4 Å². The molecule has 0 spiro atoms. The predicted molar refractivity (Wildman–Crippen MR) is 70.9 cm³/mol. The number of nitro groups is 1. The van der Waals surface area contributed by atoms with Crippen LogP contribution in [-0.2, 0) is 6.61 Å². The number of benzene rings is 1. The van der Waals surface area contributed by atoms with Crippen LogP contribution in [0.2, 0.25) is 5.28 Å². The van der Waals surface area contributed by atoms with Gasteiger partial charge in [-0.25, -0.2) is 4.98 Å². The zero-order chi connectivity index (χ0) is 14.7. The van der Waals surface area contributed by atoms with Crippen molar-refractivity contribution >= 4 is 17.3 Å². The maximum absolute atomic E-state index is 11.0. The fourth-order valence-electron chi connectivity index (χ4n) is 1.61. The first-order chi connectivity index (χ1) is 9.51. The van der Waals surface area contributed by atoms with E-state index in [4.69, 9.17) is 21.4 Å². The molecule has 0 unspecified atom stereocenters. The number of aromatic nitrogens is 2. The van der Waals surface area contributed by atoms with Gasteiger partial charge in [0.15, 0.2) is 0 Å². The third-order valence-corrected chi connectivity index (χ3v) is 2.65. The van der Waals surface area contributed by atoms with Crippen molar-refractivity contribution in [2.24, 2.45) is 0 Å². The van der Waals surface area contributed by atoms with Crippen molar-refractivity contribution in [2.75, 3.05) is 0 Å². The van der Waals surface area contributed by atoms with Crippen LogP contribution in [0.15, 0.2) is 24.3 Å². The minimum absolute atomic E-state index is 0.114. The Morgan fingerprint density at radius 1 is 1.45 bits per heavy atom. The lowest BCUT2D eigenvalue weighted by Gasteiger charge is -2.07. The summed E-state index contributed by atoms with van der Waals surface area (Å²) in [6, 6.07) is 6.49. The number of aryl methyl sites for hydroxylation is 1. The molecule has 0 aliphatic carbocycles. The molecule has 0 amide bonds. The number of aliphatic hydroxyl groups is 1. The molecule has 7 nitrogen and oxygen atoms in total. The van der Waals surface area contributed by atoms with Crippen LogP contribution in [0.1, 0.15) is 11.3 Å². The lowest BCUT2D eigenvalue weighted by Crippen LogP contribution is -2.01. The fraction of sp³-hybridized carbons (Fsp3) is 0.167. The molecule has 0 bridgehead atoms. The zero-order valence-electron chi connectivity index (χ0n) is 10.4. The monoisotopic (exact) mass is 295 g/mol. The molecular weight excluding hydrogens is 286 g/mol. The molecule has 20 heavy (non-hydrogen) atoms. The summed E-state index contributed by atoms with van der Waals surface area (Å²) in [5.74, 6) is 0.0800. The van der Waals surface area contributed by atoms with Crippen molar-refractivity contribution < 1.29 is 14.8 Å². The van der Waals surface area contributed by atoms with Gasteiger partial charge in [-0.05, 0) is 36.2 Å². The molecule has 0 saturated carbocycles. The minimum atomic E-state index is -0.628. The second-order valence-corrected chi connectivity index (χ2v) is 4.23. The fourth-order valence-corrected chi connectivity index (χ4v) is 1.81. The van der Waals surface area contributed by atoms with Gasteiger partial charge in [-0.1, -0.05) is 12.1 Å². The molecule has 2 aromatic rings. The van der Waals surface area contributed by atoms with E-state index in [1.165, 1.54) is 6.92 Å². The zero-order valence-corrected chi connectivity index (χ0v) is 11.2. The summed E-state index contributed by atoms with van der Waals surface area (Å²) in [6.45, 7) is 1.28. The third-order valence-electron chi connectivity index (χ3n) is 2.48. The highest BCUT2D eigenvalue weighted by Crippen LogP contribution is 2.32. The molecule has 0 atom stereocenters. The molecule has 0 radical (unpaired) electrons. The lowest BCUT2D eigenvalue weighted by atomic mass is 10.2. The first-order valence-electron chi connectivity index (χ1n) is 5.57. The van der Waals surface area contributed by atoms with E-state index in [0.717, 1.165) is 0 Å². The lowest BCUT2D eigenvalue weighted by molar-refractivity contribution is -0.386. The highest BCUT2D eigenvalue weighted by Gasteiger charge is 2.23. The Labute approximate surface area is 119 Å². The molecular formula is C12H10ClN3O4. The summed E-state index contributed by atoms with van der Waals surface area (Å²) in [6.07, 6.45) is 0. The Hall–Kier alpha value is -2.25. The number of hydrogen-bond acceptors (Lipinski definition) is 6. The number of hydrogen-bond donors (Lipinski definition) is 1. The number of aliphatic hydroxyl groups excluding tert-OH is 1. The van der Waals surface area contributed by atoms with Crippen molar-refractivity contribution in [1.29, 1.82) is 0 Å². The number of nitrogens with zero attached hydrogens (tertiary/aromatic N) is 3. The van der Waals surface area contributed by atoms with E-state index < -0.39 is 4.92 Å². The van der Waals surface area contributed by atoms with Crippen molar-refractivity contribution in [2.45, 2.75) is 13.5 Å². The number of halogens is 1. The van der Waals surface area contributed by atoms with E-state index in [0.29, 0.717) is 11.3 Å². The topological polar surface area (TPSA) is 98.4 Å². The molecule has 1 heterocycles. The Bertz CT molecular complexity index is 663. The SMILES string of the molecule is Cc1nc(Cl)nc(Oc2cccc(CO)c2)c1[N+](=O)[O-]. The molecule has 2 rings (SSSR count). The largest absolute Gasteiger partial charge is 0.434 e. The Kier molecular flexibility index (Phi) is 4.11. The van der Waals surface area contributed by atoms with E-state index in [9.17, 15) is 10.1 Å². The highest BCUT2D eigenvalue weighted by molar-refractivity contribution is 6.28. The molecule has 1 N–H and O–H groups in total. The first kappa shape index (κ1) is 14.2. The number of rotatable bonds is 4. The normalized spacial score (nSPS) is 10.3. The first-order valence-corrected chi connectivity index (χ1v) is 5.95. The number of ether oxygens (including phenoxy) is 1. The van der Waals surface area contributed by atoms with E-state index in [1.807, 2.05) is 0 Å². The molecule has 104 valence electrons. The van der Waals surface area contributed by atoms with E-state index in [1.54, 1.807) is 24.3 Å². The Morgan fingerprint density at radius 2 is 2.20 bits per heavy atom. The Morgan fingerprint density at radius 3 is 2.85 bits per heavy atom. The van der Waals surface area contributed by atoms with Gasteiger partial charge in [-0.2, -0.15) is 4.98 Å². The molecule has 0 aliphatic heterocycles. The van der Waals surface area contributed by atoms with Crippen LogP contribution in [0.3, 0.4) is 0 Å². The summed E-state index contributed by atoms with van der Waals surface area (Å²) in [4.78, 5) is 17.9. The molecule has 1 aromatic carbocycles. The van der Waals surface area contributed by atoms with Gasteiger partial charge < -0.3 is 9.84 Å². The summed E-state index contributed by atoms with van der Waals surface area (Å²) < 4.78 is 5.39. The smallest absolute Gasteiger partial charge is 0.352 e. The van der Waals surface area contributed by atoms with Crippen LogP contribution < -0.4 is 4.74 Å². The standard InChI is InChI=1S/C12H10ClN3O4/c1-7-10(16(18)19)11(15-12(13)14-7)20-9-4-2-3-8(5-9)6-17/h2-5,17H,6H2,1H3. The van der Waals surface area contributed by atoms with Crippen LogP contribution >= 0.6 is 11.6 Å². The maximum Gasteiger partial charge on any atom is 0.352 e. The van der Waals surface area contributed by atoms with Gasteiger partial charge in [0.2, 0.25) is 5.28 Å². The second kappa shape index (κ2) is 5.81. The minimum Gasteiger partial charge on any atom is -0.434 e. The van der Waals surface area contributed by atoms with Crippen LogP contribution in [0.5, 0.6) is 11.6 Å². The summed E-state index contributed by atoms with van der Waals surface area (Å²) >= 11 is 5.69. The average Bonchev–Trinajstić information content (AvgIpc) is 2.37. The molecule has 0 aliphatic rings. The highest BCUT2D eigenvalue weighted by atomic mass is 35.5. The van der Waals surface area contributed by atoms with Gasteiger partial charge in [0, 0.05) is 0 Å². The van der Waals surface area contributed by atoms with Gasteiger partial charge in [0.25, 0.3) is 0 Å². The third kappa shape index (κ3) is 3.01.